The highest BCUT2D eigenvalue weighted by atomic mass is 32.1. The maximum absolute atomic E-state index is 12.1. The molecule has 2 heterocycles. The van der Waals surface area contributed by atoms with Crippen molar-refractivity contribution in [3.63, 3.8) is 0 Å². The molecule has 0 fully saturated rings. The number of nitrogens with zero attached hydrogens (tertiary/aromatic N) is 3. The molecule has 1 N–H and O–H groups in total. The quantitative estimate of drug-likeness (QED) is 0.364. The number of ether oxygens (including phenoxy) is 2. The van der Waals surface area contributed by atoms with Crippen LogP contribution in [0.1, 0.15) is 16.1 Å². The molecule has 144 valence electrons. The molecule has 0 saturated heterocycles. The molecule has 0 aliphatic carbocycles. The summed E-state index contributed by atoms with van der Waals surface area (Å²) in [7, 11) is 2.71. The SMILES string of the molecule is COC(=O)c1nc(-c2cccs2)nc(NCc2ccc(OC)cc2)c1[N+](=O)[O-]. The summed E-state index contributed by atoms with van der Waals surface area (Å²) in [6.45, 7) is 0.256. The Balaban J connectivity index is 2.02. The zero-order chi connectivity index (χ0) is 20.1. The second-order valence-electron chi connectivity index (χ2n) is 5.52. The Kier molecular flexibility index (Phi) is 5.80. The molecule has 0 aliphatic heterocycles. The van der Waals surface area contributed by atoms with Crippen LogP contribution < -0.4 is 10.1 Å². The largest absolute Gasteiger partial charge is 0.497 e. The predicted molar refractivity (Wildman–Crippen MR) is 104 cm³/mol. The Labute approximate surface area is 164 Å². The number of aromatic nitrogens is 2. The lowest BCUT2D eigenvalue weighted by atomic mass is 10.2. The summed E-state index contributed by atoms with van der Waals surface area (Å²) in [6, 6.07) is 10.8. The maximum Gasteiger partial charge on any atom is 0.364 e. The first-order valence-corrected chi connectivity index (χ1v) is 8.97. The molecule has 0 radical (unpaired) electrons. The zero-order valence-electron chi connectivity index (χ0n) is 15.0. The van der Waals surface area contributed by atoms with Crippen molar-refractivity contribution in [2.24, 2.45) is 0 Å². The average molecular weight is 400 g/mol. The van der Waals surface area contributed by atoms with Gasteiger partial charge >= 0.3 is 11.7 Å². The number of hydrogen-bond donors (Lipinski definition) is 1. The molecular weight excluding hydrogens is 384 g/mol. The highest BCUT2D eigenvalue weighted by Gasteiger charge is 2.30. The van der Waals surface area contributed by atoms with Crippen LogP contribution in [0.4, 0.5) is 11.5 Å². The van der Waals surface area contributed by atoms with Crippen molar-refractivity contribution >= 4 is 28.8 Å². The second-order valence-corrected chi connectivity index (χ2v) is 6.47. The Morgan fingerprint density at radius 1 is 1.21 bits per heavy atom. The van der Waals surface area contributed by atoms with Gasteiger partial charge in [0.15, 0.2) is 5.82 Å². The smallest absolute Gasteiger partial charge is 0.364 e. The molecule has 0 amide bonds. The van der Waals surface area contributed by atoms with Crippen LogP contribution in [0.2, 0.25) is 0 Å². The third-order valence-electron chi connectivity index (χ3n) is 3.81. The van der Waals surface area contributed by atoms with E-state index in [0.29, 0.717) is 10.6 Å². The summed E-state index contributed by atoms with van der Waals surface area (Å²) in [4.78, 5) is 32.1. The van der Waals surface area contributed by atoms with E-state index in [-0.39, 0.29) is 18.2 Å². The standard InChI is InChI=1S/C18H16N4O5S/c1-26-12-7-5-11(6-8-12)10-19-17-15(22(24)25)14(18(23)27-2)20-16(21-17)13-4-3-9-28-13/h3-9H,10H2,1-2H3,(H,19,20,21). The van der Waals surface area contributed by atoms with Crippen LogP contribution in [0.25, 0.3) is 10.7 Å². The number of benzene rings is 1. The van der Waals surface area contributed by atoms with Crippen LogP contribution in [0, 0.1) is 10.1 Å². The number of anilines is 1. The molecule has 1 aromatic carbocycles. The van der Waals surface area contributed by atoms with Crippen molar-refractivity contribution in [3.8, 4) is 16.5 Å². The summed E-state index contributed by atoms with van der Waals surface area (Å²) < 4.78 is 9.78. The number of thiophene rings is 1. The summed E-state index contributed by atoms with van der Waals surface area (Å²) >= 11 is 1.36. The third kappa shape index (κ3) is 4.07. The monoisotopic (exact) mass is 400 g/mol. The van der Waals surface area contributed by atoms with Gasteiger partial charge < -0.3 is 14.8 Å². The fraction of sp³-hybridized carbons (Fsp3) is 0.167. The van der Waals surface area contributed by atoms with Crippen LogP contribution in [-0.2, 0) is 11.3 Å². The third-order valence-corrected chi connectivity index (χ3v) is 4.67. The van der Waals surface area contributed by atoms with Gasteiger partial charge in [-0.05, 0) is 29.1 Å². The van der Waals surface area contributed by atoms with Crippen LogP contribution >= 0.6 is 11.3 Å². The van der Waals surface area contributed by atoms with Crippen molar-refractivity contribution in [2.45, 2.75) is 6.54 Å². The Morgan fingerprint density at radius 2 is 1.96 bits per heavy atom. The van der Waals surface area contributed by atoms with Gasteiger partial charge in [0.2, 0.25) is 11.5 Å². The number of carbonyl (C=O) groups is 1. The normalized spacial score (nSPS) is 10.4. The first-order chi connectivity index (χ1) is 13.5. The van der Waals surface area contributed by atoms with Crippen molar-refractivity contribution in [1.82, 2.24) is 9.97 Å². The lowest BCUT2D eigenvalue weighted by molar-refractivity contribution is -0.384. The van der Waals surface area contributed by atoms with E-state index in [0.717, 1.165) is 12.7 Å². The molecule has 2 aromatic heterocycles. The van der Waals surface area contributed by atoms with Gasteiger partial charge in [-0.2, -0.15) is 0 Å². The predicted octanol–water partition coefficient (Wildman–Crippen LogP) is 3.52. The average Bonchev–Trinajstić information content (AvgIpc) is 3.26. The van der Waals surface area contributed by atoms with E-state index in [1.165, 1.54) is 11.3 Å². The Hall–Kier alpha value is -3.53. The summed E-state index contributed by atoms with van der Waals surface area (Å²) in [6.07, 6.45) is 0. The number of methoxy groups -OCH3 is 2. The van der Waals surface area contributed by atoms with Gasteiger partial charge in [0, 0.05) is 6.54 Å². The molecule has 9 nitrogen and oxygen atoms in total. The summed E-state index contributed by atoms with van der Waals surface area (Å²) in [5.74, 6) is -0.0537. The fourth-order valence-corrected chi connectivity index (χ4v) is 3.09. The van der Waals surface area contributed by atoms with Gasteiger partial charge in [-0.25, -0.2) is 14.8 Å². The maximum atomic E-state index is 12.1. The highest BCUT2D eigenvalue weighted by Crippen LogP contribution is 2.31. The number of nitrogens with one attached hydrogen (secondary N) is 1. The molecule has 10 heteroatoms. The first kappa shape index (κ1) is 19.2. The summed E-state index contributed by atoms with van der Waals surface area (Å²) in [5, 5.41) is 16.4. The van der Waals surface area contributed by atoms with Crippen LogP contribution in [-0.4, -0.2) is 35.1 Å². The van der Waals surface area contributed by atoms with Crippen LogP contribution in [0.3, 0.4) is 0 Å². The Morgan fingerprint density at radius 3 is 2.54 bits per heavy atom. The molecule has 3 aromatic rings. The number of nitro groups is 1. The van der Waals surface area contributed by atoms with Gasteiger partial charge in [0.25, 0.3) is 0 Å². The molecule has 0 atom stereocenters. The van der Waals surface area contributed by atoms with Gasteiger partial charge in [0.05, 0.1) is 24.0 Å². The molecule has 28 heavy (non-hydrogen) atoms. The zero-order valence-corrected chi connectivity index (χ0v) is 15.9. The van der Waals surface area contributed by atoms with Crippen LogP contribution in [0.5, 0.6) is 5.75 Å². The van der Waals surface area contributed by atoms with Gasteiger partial charge in [-0.3, -0.25) is 10.1 Å². The van der Waals surface area contributed by atoms with Crippen molar-refractivity contribution in [2.75, 3.05) is 19.5 Å². The molecule has 0 unspecified atom stereocenters. The van der Waals surface area contributed by atoms with Gasteiger partial charge in [0.1, 0.15) is 5.75 Å². The topological polar surface area (TPSA) is 116 Å². The van der Waals surface area contributed by atoms with E-state index in [1.807, 2.05) is 17.5 Å². The number of carbonyl (C=O) groups excluding carboxylic acids is 1. The molecule has 0 aliphatic rings. The second kappa shape index (κ2) is 8.44. The fourth-order valence-electron chi connectivity index (χ4n) is 2.44. The van der Waals surface area contributed by atoms with E-state index in [9.17, 15) is 14.9 Å². The Bertz CT molecular complexity index is 990. The number of esters is 1. The number of rotatable bonds is 7. The van der Waals surface area contributed by atoms with E-state index in [4.69, 9.17) is 4.74 Å². The highest BCUT2D eigenvalue weighted by molar-refractivity contribution is 7.13. The van der Waals surface area contributed by atoms with Crippen molar-refractivity contribution in [3.05, 3.63) is 63.1 Å². The van der Waals surface area contributed by atoms with E-state index in [1.54, 1.807) is 31.4 Å². The van der Waals surface area contributed by atoms with Crippen LogP contribution in [0.15, 0.2) is 41.8 Å². The summed E-state index contributed by atoms with van der Waals surface area (Å²) in [5.41, 5.74) is -0.0743. The van der Waals surface area contributed by atoms with E-state index >= 15 is 0 Å². The number of hydrogen-bond acceptors (Lipinski definition) is 9. The van der Waals surface area contributed by atoms with Crippen molar-refractivity contribution < 1.29 is 19.2 Å². The lowest BCUT2D eigenvalue weighted by Crippen LogP contribution is -2.14. The van der Waals surface area contributed by atoms with E-state index in [2.05, 4.69) is 20.0 Å². The molecule has 0 spiro atoms. The minimum atomic E-state index is -0.903. The minimum Gasteiger partial charge on any atom is -0.497 e. The molecule has 0 saturated carbocycles. The van der Waals surface area contributed by atoms with Gasteiger partial charge in [-0.15, -0.1) is 11.3 Å². The van der Waals surface area contributed by atoms with E-state index < -0.39 is 22.3 Å². The lowest BCUT2D eigenvalue weighted by Gasteiger charge is -2.10. The minimum absolute atomic E-state index is 0.0559. The van der Waals surface area contributed by atoms with Gasteiger partial charge in [-0.1, -0.05) is 18.2 Å². The molecule has 3 rings (SSSR count). The first-order valence-electron chi connectivity index (χ1n) is 8.09. The molecule has 0 bridgehead atoms. The molecular formula is C18H16N4O5S. The van der Waals surface area contributed by atoms with Crippen molar-refractivity contribution in [1.29, 1.82) is 0 Å².